The predicted octanol–water partition coefficient (Wildman–Crippen LogP) is 5.38. The first-order valence-electron chi connectivity index (χ1n) is 5.44. The van der Waals surface area contributed by atoms with Crippen LogP contribution in [0.2, 0.25) is 0 Å². The molecule has 0 saturated heterocycles. The molecule has 0 aromatic heterocycles. The summed E-state index contributed by atoms with van der Waals surface area (Å²) in [5.74, 6) is -0.467. The van der Waals surface area contributed by atoms with E-state index in [9.17, 15) is 8.78 Å². The van der Waals surface area contributed by atoms with E-state index in [1.807, 2.05) is 0 Å². The number of halogens is 2. The summed E-state index contributed by atoms with van der Waals surface area (Å²) in [5.41, 5.74) is 1.20. The third kappa shape index (κ3) is 2.87. The zero-order chi connectivity index (χ0) is 13.1. The van der Waals surface area contributed by atoms with E-state index in [-0.39, 0.29) is 11.6 Å². The Morgan fingerprint density at radius 1 is 0.722 bits per heavy atom. The van der Waals surface area contributed by atoms with Crippen LogP contribution in [0.3, 0.4) is 0 Å². The van der Waals surface area contributed by atoms with Gasteiger partial charge in [-0.25, -0.2) is 8.78 Å². The van der Waals surface area contributed by atoms with Crippen molar-refractivity contribution in [2.75, 3.05) is 0 Å². The van der Waals surface area contributed by atoms with E-state index < -0.39 is 0 Å². The molecule has 2 aromatic rings. The molecule has 0 saturated carbocycles. The van der Waals surface area contributed by atoms with Crippen molar-refractivity contribution in [3.8, 4) is 0 Å². The van der Waals surface area contributed by atoms with Gasteiger partial charge in [0.05, 0.1) is 9.79 Å². The lowest BCUT2D eigenvalue weighted by Gasteiger charge is -2.06. The van der Waals surface area contributed by atoms with Crippen LogP contribution in [0.1, 0.15) is 11.1 Å². The van der Waals surface area contributed by atoms with E-state index in [4.69, 9.17) is 0 Å². The summed E-state index contributed by atoms with van der Waals surface area (Å²) in [4.78, 5) is 1.06. The van der Waals surface area contributed by atoms with Crippen LogP contribution in [-0.4, -0.2) is 0 Å². The van der Waals surface area contributed by atoms with Gasteiger partial charge in [0.2, 0.25) is 0 Å². The molecule has 0 aliphatic carbocycles. The Balaban J connectivity index is 2.17. The van der Waals surface area contributed by atoms with Gasteiger partial charge in [-0.2, -0.15) is 0 Å². The second kappa shape index (κ2) is 5.76. The van der Waals surface area contributed by atoms with Crippen LogP contribution >= 0.6 is 21.6 Å². The Morgan fingerprint density at radius 3 is 1.50 bits per heavy atom. The summed E-state index contributed by atoms with van der Waals surface area (Å²) in [5, 5.41) is 0. The van der Waals surface area contributed by atoms with Crippen molar-refractivity contribution in [1.82, 2.24) is 0 Å². The van der Waals surface area contributed by atoms with Gasteiger partial charge in [0.15, 0.2) is 0 Å². The molecule has 18 heavy (non-hydrogen) atoms. The highest BCUT2D eigenvalue weighted by Gasteiger charge is 2.09. The van der Waals surface area contributed by atoms with E-state index in [1.165, 1.54) is 21.6 Å². The van der Waals surface area contributed by atoms with Gasteiger partial charge in [0, 0.05) is 0 Å². The number of benzene rings is 2. The summed E-state index contributed by atoms with van der Waals surface area (Å²) in [7, 11) is 2.48. The summed E-state index contributed by atoms with van der Waals surface area (Å²) in [6.07, 6.45) is 0. The van der Waals surface area contributed by atoms with Crippen molar-refractivity contribution in [2.24, 2.45) is 0 Å². The van der Waals surface area contributed by atoms with Crippen LogP contribution in [0.5, 0.6) is 0 Å². The molecule has 0 aliphatic heterocycles. The second-order valence-electron chi connectivity index (χ2n) is 3.94. The lowest BCUT2D eigenvalue weighted by Crippen LogP contribution is -1.86. The maximum absolute atomic E-state index is 13.8. The fourth-order valence-corrected chi connectivity index (χ4v) is 3.69. The Hall–Kier alpha value is -1.00. The lowest BCUT2D eigenvalue weighted by molar-refractivity contribution is 0.592. The van der Waals surface area contributed by atoms with Gasteiger partial charge >= 0.3 is 0 Å². The molecule has 0 spiro atoms. The Labute approximate surface area is 113 Å². The van der Waals surface area contributed by atoms with Gasteiger partial charge < -0.3 is 0 Å². The van der Waals surface area contributed by atoms with Gasteiger partial charge in [-0.05, 0) is 58.7 Å². The van der Waals surface area contributed by atoms with Crippen LogP contribution in [-0.2, 0) is 0 Å². The molecular formula is C14H12F2S2. The molecule has 0 N–H and O–H groups in total. The molecule has 94 valence electrons. The Morgan fingerprint density at radius 2 is 1.11 bits per heavy atom. The molecule has 0 atom stereocenters. The van der Waals surface area contributed by atoms with E-state index in [2.05, 4.69) is 0 Å². The van der Waals surface area contributed by atoms with E-state index in [0.717, 1.165) is 0 Å². The highest BCUT2D eigenvalue weighted by molar-refractivity contribution is 8.76. The zero-order valence-electron chi connectivity index (χ0n) is 10.0. The van der Waals surface area contributed by atoms with Crippen molar-refractivity contribution < 1.29 is 8.78 Å². The van der Waals surface area contributed by atoms with E-state index >= 15 is 0 Å². The number of hydrogen-bond acceptors (Lipinski definition) is 2. The maximum atomic E-state index is 13.8. The van der Waals surface area contributed by atoms with Crippen LogP contribution in [0.25, 0.3) is 0 Å². The minimum atomic E-state index is -0.233. The Bertz CT molecular complexity index is 516. The van der Waals surface area contributed by atoms with Gasteiger partial charge in [-0.1, -0.05) is 24.3 Å². The molecule has 2 aromatic carbocycles. The normalized spacial score (nSPS) is 10.7. The topological polar surface area (TPSA) is 0 Å². The summed E-state index contributed by atoms with van der Waals surface area (Å²) in [6.45, 7) is 3.44. The first kappa shape index (κ1) is 13.4. The molecular weight excluding hydrogens is 270 g/mol. The van der Waals surface area contributed by atoms with Crippen molar-refractivity contribution in [3.63, 3.8) is 0 Å². The average molecular weight is 282 g/mol. The standard InChI is InChI=1S/C14H12F2S2/c1-9-5-3-7-11(13(9)15)17-18-12-8-4-6-10(2)14(12)16/h3-8H,1-2H3. The van der Waals surface area contributed by atoms with E-state index in [1.54, 1.807) is 50.2 Å². The molecule has 0 bridgehead atoms. The van der Waals surface area contributed by atoms with Gasteiger partial charge in [-0.3, -0.25) is 0 Å². The summed E-state index contributed by atoms with van der Waals surface area (Å²) >= 11 is 0. The minimum Gasteiger partial charge on any atom is -0.205 e. The maximum Gasteiger partial charge on any atom is 0.140 e. The second-order valence-corrected chi connectivity index (χ2v) is 6.15. The smallest absolute Gasteiger partial charge is 0.140 e. The number of rotatable bonds is 3. The molecule has 0 aliphatic rings. The predicted molar refractivity (Wildman–Crippen MR) is 74.0 cm³/mol. The first-order chi connectivity index (χ1) is 8.59. The molecule has 0 nitrogen and oxygen atoms in total. The van der Waals surface area contributed by atoms with Crippen molar-refractivity contribution in [3.05, 3.63) is 59.2 Å². The molecule has 2 rings (SSSR count). The van der Waals surface area contributed by atoms with Crippen LogP contribution in [0.4, 0.5) is 8.78 Å². The summed E-state index contributed by atoms with van der Waals surface area (Å²) in [6, 6.07) is 10.4. The number of hydrogen-bond donors (Lipinski definition) is 0. The van der Waals surface area contributed by atoms with Gasteiger partial charge in [-0.15, -0.1) is 0 Å². The van der Waals surface area contributed by atoms with E-state index in [0.29, 0.717) is 20.9 Å². The SMILES string of the molecule is Cc1cccc(SSc2cccc(C)c2F)c1F. The van der Waals surface area contributed by atoms with Gasteiger partial charge in [0.25, 0.3) is 0 Å². The third-order valence-corrected chi connectivity index (χ3v) is 4.93. The van der Waals surface area contributed by atoms with Crippen LogP contribution < -0.4 is 0 Å². The molecule has 0 unspecified atom stereocenters. The fraction of sp³-hybridized carbons (Fsp3) is 0.143. The van der Waals surface area contributed by atoms with Crippen molar-refractivity contribution in [1.29, 1.82) is 0 Å². The highest BCUT2D eigenvalue weighted by atomic mass is 33.1. The molecule has 0 radical (unpaired) electrons. The van der Waals surface area contributed by atoms with Crippen LogP contribution in [0, 0.1) is 25.5 Å². The third-order valence-electron chi connectivity index (χ3n) is 2.53. The largest absolute Gasteiger partial charge is 0.205 e. The molecule has 0 amide bonds. The van der Waals surface area contributed by atoms with Crippen molar-refractivity contribution >= 4 is 21.6 Å². The highest BCUT2D eigenvalue weighted by Crippen LogP contribution is 2.40. The van der Waals surface area contributed by atoms with Crippen LogP contribution in [0.15, 0.2) is 46.2 Å². The molecule has 0 heterocycles. The Kier molecular flexibility index (Phi) is 4.30. The average Bonchev–Trinajstić information content (AvgIpc) is 2.36. The quantitative estimate of drug-likeness (QED) is 0.693. The number of aryl methyl sites for hydroxylation is 2. The molecule has 4 heteroatoms. The lowest BCUT2D eigenvalue weighted by atomic mass is 10.2. The first-order valence-corrected chi connectivity index (χ1v) is 7.59. The molecule has 0 fully saturated rings. The monoisotopic (exact) mass is 282 g/mol. The van der Waals surface area contributed by atoms with Gasteiger partial charge in [0.1, 0.15) is 11.6 Å². The minimum absolute atomic E-state index is 0.233. The zero-order valence-corrected chi connectivity index (χ0v) is 11.7. The summed E-state index contributed by atoms with van der Waals surface area (Å²) < 4.78 is 27.5. The van der Waals surface area contributed by atoms with Crippen molar-refractivity contribution in [2.45, 2.75) is 23.6 Å². The fourth-order valence-electron chi connectivity index (χ4n) is 1.46.